The molecular formula is C11H13BrFN. The Morgan fingerprint density at radius 1 is 1.50 bits per heavy atom. The average Bonchev–Trinajstić information content (AvgIpc) is 2.92. The van der Waals surface area contributed by atoms with E-state index >= 15 is 0 Å². The maximum Gasteiger partial charge on any atom is 0.159 e. The lowest BCUT2D eigenvalue weighted by Gasteiger charge is -2.10. The topological polar surface area (TPSA) is 12.9 Å². The second-order valence-electron chi connectivity index (χ2n) is 4.16. The molecule has 1 fully saturated rings. The minimum Gasteiger partial charge on any atom is -0.258 e. The Balaban J connectivity index is 2.44. The number of hydrogen-bond donors (Lipinski definition) is 0. The summed E-state index contributed by atoms with van der Waals surface area (Å²) in [6, 6.07) is 0. The van der Waals surface area contributed by atoms with E-state index in [1.165, 1.54) is 0 Å². The van der Waals surface area contributed by atoms with Crippen LogP contribution in [0.15, 0.2) is 10.7 Å². The van der Waals surface area contributed by atoms with E-state index in [1.54, 1.807) is 6.20 Å². The van der Waals surface area contributed by atoms with Crippen LogP contribution in [0.3, 0.4) is 0 Å². The molecule has 0 aromatic carbocycles. The van der Waals surface area contributed by atoms with Crippen LogP contribution in [0.25, 0.3) is 0 Å². The molecule has 1 aromatic heterocycles. The molecule has 0 radical (unpaired) electrons. The summed E-state index contributed by atoms with van der Waals surface area (Å²) >= 11 is 3.31. The molecule has 0 saturated heterocycles. The summed E-state index contributed by atoms with van der Waals surface area (Å²) in [4.78, 5) is 4.22. The van der Waals surface area contributed by atoms with Crippen LogP contribution in [-0.2, 0) is 0 Å². The van der Waals surface area contributed by atoms with Gasteiger partial charge in [-0.15, -0.1) is 0 Å². The second kappa shape index (κ2) is 3.61. The van der Waals surface area contributed by atoms with Gasteiger partial charge in [0.25, 0.3) is 0 Å². The van der Waals surface area contributed by atoms with Crippen LogP contribution >= 0.6 is 15.9 Å². The van der Waals surface area contributed by atoms with Crippen LogP contribution in [0.1, 0.15) is 49.8 Å². The summed E-state index contributed by atoms with van der Waals surface area (Å²) < 4.78 is 14.4. The molecule has 0 unspecified atom stereocenters. The average molecular weight is 258 g/mol. The molecule has 0 amide bonds. The quantitative estimate of drug-likeness (QED) is 0.781. The fraction of sp³-hybridized carbons (Fsp3) is 0.545. The zero-order chi connectivity index (χ0) is 10.3. The lowest BCUT2D eigenvalue weighted by molar-refractivity contribution is 0.587. The molecule has 0 spiro atoms. The van der Waals surface area contributed by atoms with E-state index in [9.17, 15) is 4.39 Å². The third kappa shape index (κ3) is 1.70. The maximum absolute atomic E-state index is 13.8. The first-order valence-corrected chi connectivity index (χ1v) is 5.74. The van der Waals surface area contributed by atoms with Crippen LogP contribution in [-0.4, -0.2) is 4.98 Å². The highest BCUT2D eigenvalue weighted by Crippen LogP contribution is 2.42. The van der Waals surface area contributed by atoms with Gasteiger partial charge in [-0.1, -0.05) is 13.8 Å². The number of pyridine rings is 1. The lowest BCUT2D eigenvalue weighted by atomic mass is 10.0. The third-order valence-corrected chi connectivity index (χ3v) is 3.41. The fourth-order valence-corrected chi connectivity index (χ4v) is 2.30. The molecule has 0 bridgehead atoms. The van der Waals surface area contributed by atoms with Gasteiger partial charge < -0.3 is 0 Å². The van der Waals surface area contributed by atoms with Crippen molar-refractivity contribution in [1.29, 1.82) is 0 Å². The molecule has 14 heavy (non-hydrogen) atoms. The van der Waals surface area contributed by atoms with E-state index in [4.69, 9.17) is 0 Å². The molecule has 1 saturated carbocycles. The Morgan fingerprint density at radius 2 is 2.14 bits per heavy atom. The van der Waals surface area contributed by atoms with Gasteiger partial charge in [0.15, 0.2) is 5.82 Å². The second-order valence-corrected chi connectivity index (χ2v) is 4.95. The predicted molar refractivity (Wildman–Crippen MR) is 58.0 cm³/mol. The molecular weight excluding hydrogens is 245 g/mol. The van der Waals surface area contributed by atoms with Gasteiger partial charge in [0, 0.05) is 12.1 Å². The number of nitrogens with zero attached hydrogens (tertiary/aromatic N) is 1. The van der Waals surface area contributed by atoms with Crippen LogP contribution in [0.2, 0.25) is 0 Å². The zero-order valence-corrected chi connectivity index (χ0v) is 9.94. The van der Waals surface area contributed by atoms with Crippen LogP contribution in [0.5, 0.6) is 0 Å². The molecule has 0 aliphatic heterocycles. The Kier molecular flexibility index (Phi) is 2.60. The van der Waals surface area contributed by atoms with E-state index in [1.807, 2.05) is 13.8 Å². The van der Waals surface area contributed by atoms with Crippen molar-refractivity contribution in [2.45, 2.75) is 38.5 Å². The summed E-state index contributed by atoms with van der Waals surface area (Å²) in [5.41, 5.74) is 1.59. The van der Waals surface area contributed by atoms with Gasteiger partial charge in [0.05, 0.1) is 10.2 Å². The summed E-state index contributed by atoms with van der Waals surface area (Å²) in [5.74, 6) is 0.519. The highest BCUT2D eigenvalue weighted by molar-refractivity contribution is 9.10. The smallest absolute Gasteiger partial charge is 0.159 e. The Morgan fingerprint density at radius 3 is 2.64 bits per heavy atom. The number of aromatic nitrogens is 1. The van der Waals surface area contributed by atoms with E-state index in [2.05, 4.69) is 20.9 Å². The normalized spacial score (nSPS) is 16.4. The Bertz CT molecular complexity index is 332. The largest absolute Gasteiger partial charge is 0.258 e. The van der Waals surface area contributed by atoms with Crippen LogP contribution < -0.4 is 0 Å². The van der Waals surface area contributed by atoms with Crippen LogP contribution in [0, 0.1) is 5.82 Å². The van der Waals surface area contributed by atoms with E-state index in [-0.39, 0.29) is 5.82 Å². The van der Waals surface area contributed by atoms with Gasteiger partial charge in [0.1, 0.15) is 0 Å². The van der Waals surface area contributed by atoms with Gasteiger partial charge in [-0.3, -0.25) is 4.98 Å². The molecule has 1 aliphatic carbocycles. The summed E-state index contributed by atoms with van der Waals surface area (Å²) in [7, 11) is 0. The minimum absolute atomic E-state index is 0.154. The summed E-state index contributed by atoms with van der Waals surface area (Å²) in [5, 5.41) is 0. The van der Waals surface area contributed by atoms with Crippen molar-refractivity contribution in [3.8, 4) is 0 Å². The zero-order valence-electron chi connectivity index (χ0n) is 8.35. The Labute approximate surface area is 91.9 Å². The third-order valence-electron chi connectivity index (χ3n) is 2.60. The molecule has 0 N–H and O–H groups in total. The van der Waals surface area contributed by atoms with Crippen molar-refractivity contribution >= 4 is 15.9 Å². The highest BCUT2D eigenvalue weighted by atomic mass is 79.9. The number of halogens is 2. The molecule has 1 nitrogen and oxygen atoms in total. The van der Waals surface area contributed by atoms with Gasteiger partial charge in [-0.25, -0.2) is 4.39 Å². The first-order valence-electron chi connectivity index (χ1n) is 4.95. The maximum atomic E-state index is 13.8. The number of rotatable bonds is 2. The first-order chi connectivity index (χ1) is 6.61. The molecule has 0 atom stereocenters. The van der Waals surface area contributed by atoms with Crippen molar-refractivity contribution in [2.75, 3.05) is 0 Å². The number of hydrogen-bond acceptors (Lipinski definition) is 1. The summed E-state index contributed by atoms with van der Waals surface area (Å²) in [6.07, 6.45) is 3.96. The van der Waals surface area contributed by atoms with Gasteiger partial charge in [-0.2, -0.15) is 0 Å². The van der Waals surface area contributed by atoms with E-state index in [0.29, 0.717) is 22.0 Å². The predicted octanol–water partition coefficient (Wildman–Crippen LogP) is 3.98. The Hall–Kier alpha value is -0.440. The van der Waals surface area contributed by atoms with Crippen molar-refractivity contribution < 1.29 is 4.39 Å². The lowest BCUT2D eigenvalue weighted by Crippen LogP contribution is -1.99. The molecule has 1 aliphatic rings. The van der Waals surface area contributed by atoms with E-state index in [0.717, 1.165) is 18.4 Å². The molecule has 1 aromatic rings. The fourth-order valence-electron chi connectivity index (χ4n) is 1.54. The molecule has 3 heteroatoms. The van der Waals surface area contributed by atoms with Gasteiger partial charge in [0.2, 0.25) is 0 Å². The van der Waals surface area contributed by atoms with Crippen molar-refractivity contribution in [1.82, 2.24) is 4.98 Å². The molecule has 2 rings (SSSR count). The molecule has 1 heterocycles. The highest BCUT2D eigenvalue weighted by Gasteiger charge is 2.29. The van der Waals surface area contributed by atoms with Gasteiger partial charge in [-0.05, 0) is 40.3 Å². The molecule has 76 valence electrons. The van der Waals surface area contributed by atoms with E-state index < -0.39 is 0 Å². The SMILES string of the molecule is CC(C)c1cnc(C2CC2)c(F)c1Br. The standard InChI is InChI=1S/C11H13BrFN/c1-6(2)8-5-14-11(7-3-4-7)10(13)9(8)12/h5-7H,3-4H2,1-2H3. The van der Waals surface area contributed by atoms with Crippen molar-refractivity contribution in [3.05, 3.63) is 27.7 Å². The van der Waals surface area contributed by atoms with Crippen molar-refractivity contribution in [3.63, 3.8) is 0 Å². The monoisotopic (exact) mass is 257 g/mol. The summed E-state index contributed by atoms with van der Waals surface area (Å²) in [6.45, 7) is 4.08. The van der Waals surface area contributed by atoms with Crippen LogP contribution in [0.4, 0.5) is 4.39 Å². The minimum atomic E-state index is -0.154. The van der Waals surface area contributed by atoms with Gasteiger partial charge >= 0.3 is 0 Å². The van der Waals surface area contributed by atoms with Crippen molar-refractivity contribution in [2.24, 2.45) is 0 Å². The first kappa shape index (κ1) is 10.1.